The summed E-state index contributed by atoms with van der Waals surface area (Å²) in [7, 11) is 0. The summed E-state index contributed by atoms with van der Waals surface area (Å²) in [5.74, 6) is -2.76. The third kappa shape index (κ3) is 5.30. The fraction of sp³-hybridized carbons (Fsp3) is 0.472. The van der Waals surface area contributed by atoms with E-state index < -0.39 is 35.1 Å². The first-order chi connectivity index (χ1) is 21.5. The summed E-state index contributed by atoms with van der Waals surface area (Å²) >= 11 is 6.61. The van der Waals surface area contributed by atoms with Gasteiger partial charge in [-0.1, -0.05) is 74.9 Å². The smallest absolute Gasteiger partial charge is 0.253 e. The molecule has 3 aliphatic heterocycles. The zero-order valence-electron chi connectivity index (χ0n) is 26.6. The maximum atomic E-state index is 15.0. The molecule has 1 N–H and O–H groups in total. The van der Waals surface area contributed by atoms with Gasteiger partial charge in [-0.15, -0.1) is 13.2 Å². The molecule has 0 radical (unpaired) electrons. The lowest BCUT2D eigenvalue weighted by molar-refractivity contribution is -0.149. The second-order valence-corrected chi connectivity index (χ2v) is 13.6. The number of anilines is 2. The highest BCUT2D eigenvalue weighted by Gasteiger charge is 2.80. The van der Waals surface area contributed by atoms with Gasteiger partial charge in [0.15, 0.2) is 0 Å². The van der Waals surface area contributed by atoms with E-state index in [1.165, 1.54) is 9.80 Å². The molecule has 2 bridgehead atoms. The highest BCUT2D eigenvalue weighted by atomic mass is 35.5. The van der Waals surface area contributed by atoms with Crippen molar-refractivity contribution < 1.29 is 24.2 Å². The molecule has 3 fully saturated rings. The Hall–Kier alpha value is -3.46. The number of nitrogens with zero attached hydrogens (tertiary/aromatic N) is 3. The Kier molecular flexibility index (Phi) is 9.32. The average molecular weight is 634 g/mol. The van der Waals surface area contributed by atoms with E-state index in [4.69, 9.17) is 16.3 Å². The van der Waals surface area contributed by atoms with Gasteiger partial charge in [0.2, 0.25) is 11.8 Å². The molecule has 2 aromatic rings. The Bertz CT molecular complexity index is 1470. The minimum absolute atomic E-state index is 0.128. The molecular weight excluding hydrogens is 590 g/mol. The van der Waals surface area contributed by atoms with Gasteiger partial charge in [0, 0.05) is 18.8 Å². The lowest BCUT2D eigenvalue weighted by Crippen LogP contribution is -2.59. The highest BCUT2D eigenvalue weighted by molar-refractivity contribution is 6.34. The standard InChI is InChI=1S/C36H44ClN3O5/c1-7-18-38(25-14-10-9-11-15-25)32(42)29-30-33(43)40(26(22-41)20-23(3)4)31(36(30)21-24(5)35(29,6)45-36)34(44)39(19-8-2)28-17-13-12-16-27(28)37/h7-17,23-24,26,29-31,41H,1-2,18-22H2,3-6H3/t24?,26-,29-,30+,31?,35+,36?/m1/s1. The number of carbonyl (C=O) groups excluding carboxylic acids is 3. The summed E-state index contributed by atoms with van der Waals surface area (Å²) < 4.78 is 6.99. The summed E-state index contributed by atoms with van der Waals surface area (Å²) in [4.78, 5) is 49.3. The number of aliphatic hydroxyl groups is 1. The van der Waals surface area contributed by atoms with E-state index >= 15 is 0 Å². The number of para-hydroxylation sites is 2. The van der Waals surface area contributed by atoms with Gasteiger partial charge < -0.3 is 24.5 Å². The van der Waals surface area contributed by atoms with Crippen LogP contribution in [-0.2, 0) is 19.1 Å². The summed E-state index contributed by atoms with van der Waals surface area (Å²) in [5, 5.41) is 11.1. The molecule has 45 heavy (non-hydrogen) atoms. The summed E-state index contributed by atoms with van der Waals surface area (Å²) in [6.45, 7) is 15.8. The van der Waals surface area contributed by atoms with Crippen LogP contribution in [0.2, 0.25) is 5.02 Å². The molecule has 5 rings (SSSR count). The highest BCUT2D eigenvalue weighted by Crippen LogP contribution is 2.66. The van der Waals surface area contributed by atoms with Gasteiger partial charge in [-0.05, 0) is 55.9 Å². The first kappa shape index (κ1) is 32.9. The predicted molar refractivity (Wildman–Crippen MR) is 177 cm³/mol. The van der Waals surface area contributed by atoms with Gasteiger partial charge in [-0.3, -0.25) is 14.4 Å². The van der Waals surface area contributed by atoms with E-state index in [2.05, 4.69) is 13.2 Å². The normalized spacial score (nSPS) is 29.0. The van der Waals surface area contributed by atoms with Crippen LogP contribution in [0.5, 0.6) is 0 Å². The van der Waals surface area contributed by atoms with Gasteiger partial charge in [0.25, 0.3) is 5.91 Å². The third-order valence-corrected chi connectivity index (χ3v) is 10.3. The SMILES string of the molecule is C=CCN(C(=O)[C@H]1[C@H]2C(=O)N([C@@H](CO)CC(C)C)C(C(=O)N(CC=C)c3ccccc3Cl)C23CC(C)[C@]1(C)O3)c1ccccc1. The van der Waals surface area contributed by atoms with Crippen LogP contribution >= 0.6 is 11.6 Å². The van der Waals surface area contributed by atoms with E-state index in [-0.39, 0.29) is 49.3 Å². The molecular formula is C36H44ClN3O5. The van der Waals surface area contributed by atoms with E-state index in [1.807, 2.05) is 58.0 Å². The quantitative estimate of drug-likeness (QED) is 0.312. The maximum Gasteiger partial charge on any atom is 0.253 e. The van der Waals surface area contributed by atoms with Crippen molar-refractivity contribution in [1.82, 2.24) is 4.90 Å². The molecule has 0 aromatic heterocycles. The van der Waals surface area contributed by atoms with Crippen molar-refractivity contribution in [1.29, 1.82) is 0 Å². The Morgan fingerprint density at radius 3 is 2.29 bits per heavy atom. The molecule has 1 spiro atoms. The van der Waals surface area contributed by atoms with Crippen LogP contribution in [0, 0.1) is 23.7 Å². The zero-order chi connectivity index (χ0) is 32.7. The topological polar surface area (TPSA) is 90.4 Å². The number of benzene rings is 2. The van der Waals surface area contributed by atoms with Gasteiger partial charge in [-0.2, -0.15) is 0 Å². The minimum Gasteiger partial charge on any atom is -0.394 e. The van der Waals surface area contributed by atoms with E-state index in [1.54, 1.807) is 41.3 Å². The third-order valence-electron chi connectivity index (χ3n) is 9.97. The number of amides is 3. The number of carbonyl (C=O) groups is 3. The Balaban J connectivity index is 1.68. The Morgan fingerprint density at radius 2 is 1.69 bits per heavy atom. The van der Waals surface area contributed by atoms with Gasteiger partial charge in [0.05, 0.1) is 40.8 Å². The van der Waals surface area contributed by atoms with Gasteiger partial charge in [0.1, 0.15) is 11.6 Å². The number of aliphatic hydroxyl groups excluding tert-OH is 1. The van der Waals surface area contributed by atoms with Crippen molar-refractivity contribution in [2.45, 2.75) is 63.8 Å². The number of ether oxygens (including phenoxy) is 1. The van der Waals surface area contributed by atoms with Crippen LogP contribution in [0.3, 0.4) is 0 Å². The molecule has 3 unspecified atom stereocenters. The molecule has 9 heteroatoms. The largest absolute Gasteiger partial charge is 0.394 e. The van der Waals surface area contributed by atoms with Crippen molar-refractivity contribution in [3.05, 3.63) is 84.9 Å². The lowest BCUT2D eigenvalue weighted by atomic mass is 9.62. The van der Waals surface area contributed by atoms with Crippen molar-refractivity contribution in [2.24, 2.45) is 23.7 Å². The second kappa shape index (κ2) is 12.7. The molecule has 3 amide bonds. The molecule has 3 aliphatic rings. The van der Waals surface area contributed by atoms with E-state index in [0.717, 1.165) is 0 Å². The monoisotopic (exact) mass is 633 g/mol. The van der Waals surface area contributed by atoms with Crippen LogP contribution < -0.4 is 9.80 Å². The summed E-state index contributed by atoms with van der Waals surface area (Å²) in [6.07, 6.45) is 4.16. The fourth-order valence-electron chi connectivity index (χ4n) is 8.03. The van der Waals surface area contributed by atoms with Crippen molar-refractivity contribution >= 4 is 40.7 Å². The molecule has 240 valence electrons. The van der Waals surface area contributed by atoms with Crippen LogP contribution in [0.25, 0.3) is 0 Å². The van der Waals surface area contributed by atoms with Crippen LogP contribution in [-0.4, -0.2) is 70.7 Å². The number of halogens is 1. The summed E-state index contributed by atoms with van der Waals surface area (Å²) in [6, 6.07) is 14.6. The number of likely N-dealkylation sites (tertiary alicyclic amines) is 1. The number of rotatable bonds is 12. The Labute approximate surface area is 271 Å². The molecule has 8 nitrogen and oxygen atoms in total. The van der Waals surface area contributed by atoms with Crippen LogP contribution in [0.4, 0.5) is 11.4 Å². The van der Waals surface area contributed by atoms with E-state index in [0.29, 0.717) is 29.2 Å². The molecule has 2 aromatic carbocycles. The molecule has 0 aliphatic carbocycles. The average Bonchev–Trinajstić information content (AvgIpc) is 3.54. The number of fused-ring (bicyclic) bond motifs is 1. The summed E-state index contributed by atoms with van der Waals surface area (Å²) in [5.41, 5.74) is -1.11. The number of hydrogen-bond donors (Lipinski definition) is 1. The van der Waals surface area contributed by atoms with Crippen LogP contribution in [0.15, 0.2) is 79.9 Å². The first-order valence-corrected chi connectivity index (χ1v) is 16.1. The minimum atomic E-state index is -1.29. The van der Waals surface area contributed by atoms with Gasteiger partial charge >= 0.3 is 0 Å². The van der Waals surface area contributed by atoms with E-state index in [9.17, 15) is 19.5 Å². The fourth-order valence-corrected chi connectivity index (χ4v) is 8.27. The maximum absolute atomic E-state index is 15.0. The molecule has 3 heterocycles. The van der Waals surface area contributed by atoms with Crippen molar-refractivity contribution in [3.8, 4) is 0 Å². The second-order valence-electron chi connectivity index (χ2n) is 13.2. The Morgan fingerprint density at radius 1 is 1.07 bits per heavy atom. The molecule has 7 atom stereocenters. The lowest BCUT2D eigenvalue weighted by Gasteiger charge is -2.40. The molecule has 3 saturated heterocycles. The van der Waals surface area contributed by atoms with Crippen molar-refractivity contribution in [3.63, 3.8) is 0 Å². The predicted octanol–water partition coefficient (Wildman–Crippen LogP) is 5.50. The van der Waals surface area contributed by atoms with Gasteiger partial charge in [-0.25, -0.2) is 0 Å². The number of hydrogen-bond acceptors (Lipinski definition) is 5. The van der Waals surface area contributed by atoms with Crippen molar-refractivity contribution in [2.75, 3.05) is 29.5 Å². The first-order valence-electron chi connectivity index (χ1n) is 15.7. The molecule has 0 saturated carbocycles. The van der Waals surface area contributed by atoms with Crippen LogP contribution in [0.1, 0.15) is 40.5 Å². The zero-order valence-corrected chi connectivity index (χ0v) is 27.3.